The maximum Gasteiger partial charge on any atom is 0.241 e. The van der Waals surface area contributed by atoms with Crippen molar-refractivity contribution in [3.63, 3.8) is 0 Å². The standard InChI is InChI=1S/C20H25FN2O4S/c1-14(2)12-19(20(24)22-13-15-6-4-5-7-18(15)21)23-28(25,26)17-10-8-16(27-3)9-11-17/h4-11,14,19,23H,12-13H2,1-3H3,(H,22,24)/t19-/m1/s1. The van der Waals surface area contributed by atoms with Crippen LogP contribution in [-0.4, -0.2) is 27.5 Å². The van der Waals surface area contributed by atoms with Gasteiger partial charge in [0.2, 0.25) is 15.9 Å². The predicted octanol–water partition coefficient (Wildman–Crippen LogP) is 2.84. The zero-order valence-electron chi connectivity index (χ0n) is 16.1. The number of sulfonamides is 1. The van der Waals surface area contributed by atoms with Crippen molar-refractivity contribution < 1.29 is 22.3 Å². The smallest absolute Gasteiger partial charge is 0.241 e. The summed E-state index contributed by atoms with van der Waals surface area (Å²) in [6.07, 6.45) is 0.304. The number of methoxy groups -OCH3 is 1. The summed E-state index contributed by atoms with van der Waals surface area (Å²) in [5.41, 5.74) is 0.331. The molecular formula is C20H25FN2O4S. The van der Waals surface area contributed by atoms with Gasteiger partial charge in [0.05, 0.1) is 12.0 Å². The predicted molar refractivity (Wildman–Crippen MR) is 105 cm³/mol. The van der Waals surface area contributed by atoms with Crippen molar-refractivity contribution >= 4 is 15.9 Å². The van der Waals surface area contributed by atoms with Crippen molar-refractivity contribution in [2.75, 3.05) is 7.11 Å². The van der Waals surface area contributed by atoms with Gasteiger partial charge >= 0.3 is 0 Å². The zero-order valence-corrected chi connectivity index (χ0v) is 16.9. The Morgan fingerprint density at radius 1 is 1.11 bits per heavy atom. The van der Waals surface area contributed by atoms with E-state index in [0.29, 0.717) is 17.7 Å². The molecule has 2 aromatic carbocycles. The molecule has 0 saturated carbocycles. The molecule has 1 amide bonds. The average molecular weight is 408 g/mol. The first-order chi connectivity index (χ1) is 13.2. The number of amides is 1. The third-order valence-corrected chi connectivity index (χ3v) is 5.59. The van der Waals surface area contributed by atoms with Crippen LogP contribution < -0.4 is 14.8 Å². The highest BCUT2D eigenvalue weighted by Gasteiger charge is 2.26. The minimum atomic E-state index is -3.91. The second-order valence-corrected chi connectivity index (χ2v) is 8.50. The summed E-state index contributed by atoms with van der Waals surface area (Å²) in [5.74, 6) is -0.334. The minimum absolute atomic E-state index is 0.0234. The molecule has 0 heterocycles. The molecule has 0 fully saturated rings. The van der Waals surface area contributed by atoms with Gasteiger partial charge in [0, 0.05) is 12.1 Å². The number of hydrogen-bond acceptors (Lipinski definition) is 4. The quantitative estimate of drug-likeness (QED) is 0.668. The van der Waals surface area contributed by atoms with E-state index >= 15 is 0 Å². The molecule has 8 heteroatoms. The van der Waals surface area contributed by atoms with Gasteiger partial charge < -0.3 is 10.1 Å². The first-order valence-corrected chi connectivity index (χ1v) is 10.4. The number of rotatable bonds is 9. The van der Waals surface area contributed by atoms with Gasteiger partial charge in [0.1, 0.15) is 17.6 Å². The van der Waals surface area contributed by atoms with Crippen LogP contribution in [0.2, 0.25) is 0 Å². The second-order valence-electron chi connectivity index (χ2n) is 6.79. The fourth-order valence-electron chi connectivity index (χ4n) is 2.64. The third kappa shape index (κ3) is 6.03. The Morgan fingerprint density at radius 3 is 2.32 bits per heavy atom. The van der Waals surface area contributed by atoms with Crippen molar-refractivity contribution in [3.05, 3.63) is 59.9 Å². The number of nitrogens with one attached hydrogen (secondary N) is 2. The molecule has 0 spiro atoms. The largest absolute Gasteiger partial charge is 0.497 e. The second kappa shape index (κ2) is 9.66. The number of carbonyl (C=O) groups is 1. The van der Waals surface area contributed by atoms with Crippen LogP contribution in [0.1, 0.15) is 25.8 Å². The normalized spacial score (nSPS) is 12.6. The topological polar surface area (TPSA) is 84.5 Å². The Kier molecular flexibility index (Phi) is 7.53. The average Bonchev–Trinajstić information content (AvgIpc) is 2.66. The van der Waals surface area contributed by atoms with E-state index in [0.717, 1.165) is 0 Å². The number of hydrogen-bond donors (Lipinski definition) is 2. The van der Waals surface area contributed by atoms with E-state index in [2.05, 4.69) is 10.0 Å². The van der Waals surface area contributed by atoms with Gasteiger partial charge in [-0.25, -0.2) is 12.8 Å². The van der Waals surface area contributed by atoms with Gasteiger partial charge in [-0.2, -0.15) is 4.72 Å². The maximum atomic E-state index is 13.7. The fourth-order valence-corrected chi connectivity index (χ4v) is 3.85. The first-order valence-electron chi connectivity index (χ1n) is 8.90. The van der Waals surface area contributed by atoms with Crippen LogP contribution in [0, 0.1) is 11.7 Å². The molecule has 6 nitrogen and oxygen atoms in total. The maximum absolute atomic E-state index is 13.7. The van der Waals surface area contributed by atoms with E-state index in [1.54, 1.807) is 18.2 Å². The summed E-state index contributed by atoms with van der Waals surface area (Å²) in [4.78, 5) is 12.6. The van der Waals surface area contributed by atoms with Crippen molar-refractivity contribution in [3.8, 4) is 5.75 Å². The number of halogens is 1. The molecule has 152 valence electrons. The molecule has 2 N–H and O–H groups in total. The zero-order chi connectivity index (χ0) is 20.7. The van der Waals surface area contributed by atoms with Crippen molar-refractivity contribution in [2.45, 2.75) is 37.8 Å². The lowest BCUT2D eigenvalue weighted by Gasteiger charge is -2.20. The molecule has 0 radical (unpaired) electrons. The molecule has 28 heavy (non-hydrogen) atoms. The number of carbonyl (C=O) groups excluding carboxylic acids is 1. The van der Waals surface area contributed by atoms with Crippen molar-refractivity contribution in [2.24, 2.45) is 5.92 Å². The lowest BCUT2D eigenvalue weighted by atomic mass is 10.0. The third-order valence-electron chi connectivity index (χ3n) is 4.10. The lowest BCUT2D eigenvalue weighted by molar-refractivity contribution is -0.123. The minimum Gasteiger partial charge on any atom is -0.497 e. The highest BCUT2D eigenvalue weighted by Crippen LogP contribution is 2.17. The van der Waals surface area contributed by atoms with Crippen LogP contribution >= 0.6 is 0 Å². The Bertz CT molecular complexity index is 899. The Morgan fingerprint density at radius 2 is 1.75 bits per heavy atom. The monoisotopic (exact) mass is 408 g/mol. The van der Waals surface area contributed by atoms with Crippen LogP contribution in [0.3, 0.4) is 0 Å². The van der Waals surface area contributed by atoms with Gasteiger partial charge in [0.15, 0.2) is 0 Å². The summed E-state index contributed by atoms with van der Waals surface area (Å²) in [6.45, 7) is 3.75. The van der Waals surface area contributed by atoms with Gasteiger partial charge in [-0.15, -0.1) is 0 Å². The van der Waals surface area contributed by atoms with Crippen LogP contribution in [0.4, 0.5) is 4.39 Å². The van der Waals surface area contributed by atoms with Gasteiger partial charge in [-0.3, -0.25) is 4.79 Å². The molecule has 0 bridgehead atoms. The Hall–Kier alpha value is -2.45. The summed E-state index contributed by atoms with van der Waals surface area (Å²) in [5, 5.41) is 2.61. The number of benzene rings is 2. The molecule has 0 aliphatic carbocycles. The molecule has 0 aliphatic rings. The van der Waals surface area contributed by atoms with Crippen molar-refractivity contribution in [1.29, 1.82) is 0 Å². The van der Waals surface area contributed by atoms with Gasteiger partial charge in [-0.05, 0) is 42.7 Å². The summed E-state index contributed by atoms with van der Waals surface area (Å²) >= 11 is 0. The van der Waals surface area contributed by atoms with E-state index in [4.69, 9.17) is 4.74 Å². The van der Waals surface area contributed by atoms with E-state index in [1.165, 1.54) is 37.4 Å². The number of ether oxygens (including phenoxy) is 1. The molecule has 2 aromatic rings. The van der Waals surface area contributed by atoms with E-state index in [-0.39, 0.29) is 17.4 Å². The van der Waals surface area contributed by atoms with Crippen LogP contribution in [0.15, 0.2) is 53.4 Å². The summed E-state index contributed by atoms with van der Waals surface area (Å²) < 4.78 is 46.5. The molecule has 2 rings (SSSR count). The van der Waals surface area contributed by atoms with Crippen LogP contribution in [-0.2, 0) is 21.4 Å². The lowest BCUT2D eigenvalue weighted by Crippen LogP contribution is -2.47. The summed E-state index contributed by atoms with van der Waals surface area (Å²) in [6, 6.07) is 11.0. The van der Waals surface area contributed by atoms with Gasteiger partial charge in [-0.1, -0.05) is 32.0 Å². The van der Waals surface area contributed by atoms with Crippen molar-refractivity contribution in [1.82, 2.24) is 10.0 Å². The van der Waals surface area contributed by atoms with E-state index < -0.39 is 27.8 Å². The molecule has 0 unspecified atom stereocenters. The molecule has 0 aromatic heterocycles. The fraction of sp³-hybridized carbons (Fsp3) is 0.350. The van der Waals surface area contributed by atoms with E-state index in [9.17, 15) is 17.6 Å². The van der Waals surface area contributed by atoms with Crippen LogP contribution in [0.25, 0.3) is 0 Å². The molecule has 0 saturated heterocycles. The van der Waals surface area contributed by atoms with E-state index in [1.807, 2.05) is 13.8 Å². The highest BCUT2D eigenvalue weighted by atomic mass is 32.2. The summed E-state index contributed by atoms with van der Waals surface area (Å²) in [7, 11) is -2.42. The van der Waals surface area contributed by atoms with Crippen LogP contribution in [0.5, 0.6) is 5.75 Å². The molecule has 1 atom stereocenters. The Labute approximate surface area is 165 Å². The first kappa shape index (κ1) is 21.8. The molecule has 0 aliphatic heterocycles. The van der Waals surface area contributed by atoms with Gasteiger partial charge in [0.25, 0.3) is 0 Å². The molecular weight excluding hydrogens is 383 g/mol. The SMILES string of the molecule is COc1ccc(S(=O)(=O)N[C@H](CC(C)C)C(=O)NCc2ccccc2F)cc1. The Balaban J connectivity index is 2.12. The highest BCUT2D eigenvalue weighted by molar-refractivity contribution is 7.89.